The van der Waals surface area contributed by atoms with Gasteiger partial charge in [0.1, 0.15) is 6.61 Å². The molecule has 1 unspecified atom stereocenters. The van der Waals surface area contributed by atoms with Crippen molar-refractivity contribution in [3.05, 3.63) is 0 Å². The Labute approximate surface area is 105 Å². The van der Waals surface area contributed by atoms with Crippen molar-refractivity contribution in [1.82, 2.24) is 0 Å². The second-order valence-electron chi connectivity index (χ2n) is 5.83. The van der Waals surface area contributed by atoms with Crippen LogP contribution in [0.1, 0.15) is 47.5 Å². The van der Waals surface area contributed by atoms with Gasteiger partial charge in [-0.3, -0.25) is 4.79 Å². The molecule has 1 rings (SSSR count). The molecule has 0 saturated carbocycles. The lowest BCUT2D eigenvalue weighted by Crippen LogP contribution is -2.40. The van der Waals surface area contributed by atoms with Gasteiger partial charge in [0, 0.05) is 6.61 Å². The maximum atomic E-state index is 12.2. The van der Waals surface area contributed by atoms with Gasteiger partial charge >= 0.3 is 5.97 Å². The molecule has 3 nitrogen and oxygen atoms in total. The van der Waals surface area contributed by atoms with Crippen LogP contribution >= 0.6 is 0 Å². The molecule has 1 fully saturated rings. The number of ether oxygens (including phenoxy) is 2. The highest BCUT2D eigenvalue weighted by atomic mass is 16.6. The second-order valence-corrected chi connectivity index (χ2v) is 5.83. The van der Waals surface area contributed by atoms with Crippen LogP contribution in [-0.2, 0) is 14.3 Å². The summed E-state index contributed by atoms with van der Waals surface area (Å²) < 4.78 is 10.9. The number of carbonyl (C=O) groups is 1. The SMILES string of the molecule is CC(C)C(C)(C(=O)OCC1CCCO1)C(C)C. The van der Waals surface area contributed by atoms with Crippen LogP contribution in [0.3, 0.4) is 0 Å². The van der Waals surface area contributed by atoms with Crippen LogP contribution in [0.4, 0.5) is 0 Å². The summed E-state index contributed by atoms with van der Waals surface area (Å²) in [5.74, 6) is 0.469. The van der Waals surface area contributed by atoms with E-state index in [0.717, 1.165) is 19.4 Å². The zero-order valence-electron chi connectivity index (χ0n) is 11.8. The van der Waals surface area contributed by atoms with Gasteiger partial charge in [-0.2, -0.15) is 0 Å². The lowest BCUT2D eigenvalue weighted by Gasteiger charge is -2.35. The van der Waals surface area contributed by atoms with E-state index in [4.69, 9.17) is 9.47 Å². The van der Waals surface area contributed by atoms with Crippen molar-refractivity contribution in [2.24, 2.45) is 17.3 Å². The van der Waals surface area contributed by atoms with E-state index >= 15 is 0 Å². The normalized spacial score (nSPS) is 21.2. The number of esters is 1. The molecule has 0 spiro atoms. The van der Waals surface area contributed by atoms with Crippen molar-refractivity contribution >= 4 is 5.97 Å². The number of hydrogen-bond donors (Lipinski definition) is 0. The minimum atomic E-state index is -0.404. The second kappa shape index (κ2) is 5.85. The van der Waals surface area contributed by atoms with Gasteiger partial charge in [-0.1, -0.05) is 27.7 Å². The van der Waals surface area contributed by atoms with Gasteiger partial charge in [-0.15, -0.1) is 0 Å². The lowest BCUT2D eigenvalue weighted by atomic mass is 9.70. The third-order valence-corrected chi connectivity index (χ3v) is 4.26. The van der Waals surface area contributed by atoms with Crippen molar-refractivity contribution in [1.29, 1.82) is 0 Å². The van der Waals surface area contributed by atoms with Crippen molar-refractivity contribution in [3.8, 4) is 0 Å². The zero-order valence-corrected chi connectivity index (χ0v) is 11.8. The lowest BCUT2D eigenvalue weighted by molar-refractivity contribution is -0.164. The molecule has 3 heteroatoms. The molecule has 1 aliphatic heterocycles. The molecular weight excluding hydrogens is 216 g/mol. The fourth-order valence-corrected chi connectivity index (χ4v) is 2.24. The van der Waals surface area contributed by atoms with Crippen LogP contribution < -0.4 is 0 Å². The fourth-order valence-electron chi connectivity index (χ4n) is 2.24. The molecule has 0 aromatic carbocycles. The van der Waals surface area contributed by atoms with E-state index < -0.39 is 5.41 Å². The molecule has 100 valence electrons. The Morgan fingerprint density at radius 2 is 1.94 bits per heavy atom. The predicted molar refractivity (Wildman–Crippen MR) is 67.7 cm³/mol. The van der Waals surface area contributed by atoms with Crippen molar-refractivity contribution < 1.29 is 14.3 Å². The molecule has 0 aliphatic carbocycles. The average molecular weight is 242 g/mol. The minimum Gasteiger partial charge on any atom is -0.462 e. The summed E-state index contributed by atoms with van der Waals surface area (Å²) >= 11 is 0. The van der Waals surface area contributed by atoms with Crippen molar-refractivity contribution in [3.63, 3.8) is 0 Å². The Morgan fingerprint density at radius 3 is 2.35 bits per heavy atom. The van der Waals surface area contributed by atoms with E-state index in [0.29, 0.717) is 6.61 Å². The summed E-state index contributed by atoms with van der Waals surface area (Å²) in [6.07, 6.45) is 2.20. The molecular formula is C14H26O3. The summed E-state index contributed by atoms with van der Waals surface area (Å²) in [7, 11) is 0. The first kappa shape index (κ1) is 14.5. The van der Waals surface area contributed by atoms with E-state index in [9.17, 15) is 4.79 Å². The smallest absolute Gasteiger partial charge is 0.312 e. The van der Waals surface area contributed by atoms with Crippen molar-refractivity contribution in [2.45, 2.75) is 53.6 Å². The summed E-state index contributed by atoms with van der Waals surface area (Å²) in [5, 5.41) is 0. The highest BCUT2D eigenvalue weighted by Gasteiger charge is 2.41. The van der Waals surface area contributed by atoms with Gasteiger partial charge in [-0.05, 0) is 31.6 Å². The molecule has 0 bridgehead atoms. The maximum Gasteiger partial charge on any atom is 0.312 e. The Morgan fingerprint density at radius 1 is 1.35 bits per heavy atom. The Hall–Kier alpha value is -0.570. The highest BCUT2D eigenvalue weighted by Crippen LogP contribution is 2.36. The molecule has 0 aromatic rings. The molecule has 1 aliphatic rings. The van der Waals surface area contributed by atoms with E-state index in [2.05, 4.69) is 27.7 Å². The molecule has 0 amide bonds. The van der Waals surface area contributed by atoms with Gasteiger partial charge in [0.25, 0.3) is 0 Å². The molecule has 0 aromatic heterocycles. The average Bonchev–Trinajstić information content (AvgIpc) is 2.76. The van der Waals surface area contributed by atoms with Crippen LogP contribution in [0.2, 0.25) is 0 Å². The predicted octanol–water partition coefficient (Wildman–Crippen LogP) is 3.03. The largest absolute Gasteiger partial charge is 0.462 e. The molecule has 1 heterocycles. The fraction of sp³-hybridized carbons (Fsp3) is 0.929. The standard InChI is InChI=1S/C14H26O3/c1-10(2)14(5,11(3)4)13(15)17-9-12-7-6-8-16-12/h10-12H,6-9H2,1-5H3. The van der Waals surface area contributed by atoms with E-state index in [1.165, 1.54) is 0 Å². The third kappa shape index (κ3) is 3.21. The first-order chi connectivity index (χ1) is 7.89. The summed E-state index contributed by atoms with van der Waals surface area (Å²) in [4.78, 5) is 12.2. The Bertz CT molecular complexity index is 244. The minimum absolute atomic E-state index is 0.0852. The number of hydrogen-bond acceptors (Lipinski definition) is 3. The van der Waals surface area contributed by atoms with Crippen LogP contribution in [0.15, 0.2) is 0 Å². The van der Waals surface area contributed by atoms with Crippen molar-refractivity contribution in [2.75, 3.05) is 13.2 Å². The highest BCUT2D eigenvalue weighted by molar-refractivity contribution is 5.77. The van der Waals surface area contributed by atoms with Gasteiger partial charge in [0.05, 0.1) is 11.5 Å². The number of rotatable bonds is 5. The monoisotopic (exact) mass is 242 g/mol. The topological polar surface area (TPSA) is 35.5 Å². The van der Waals surface area contributed by atoms with Gasteiger partial charge in [-0.25, -0.2) is 0 Å². The van der Waals surface area contributed by atoms with Crippen LogP contribution in [-0.4, -0.2) is 25.3 Å². The maximum absolute atomic E-state index is 12.2. The van der Waals surface area contributed by atoms with E-state index in [-0.39, 0.29) is 23.9 Å². The first-order valence-electron chi connectivity index (χ1n) is 6.67. The number of carbonyl (C=O) groups excluding carboxylic acids is 1. The summed E-state index contributed by atoms with van der Waals surface area (Å²) in [6.45, 7) is 11.5. The first-order valence-corrected chi connectivity index (χ1v) is 6.67. The summed E-state index contributed by atoms with van der Waals surface area (Å²) in [6, 6.07) is 0. The molecule has 0 N–H and O–H groups in total. The molecule has 17 heavy (non-hydrogen) atoms. The summed E-state index contributed by atoms with van der Waals surface area (Å²) in [5.41, 5.74) is -0.404. The van der Waals surface area contributed by atoms with Gasteiger partial charge in [0.15, 0.2) is 0 Å². The quantitative estimate of drug-likeness (QED) is 0.695. The van der Waals surface area contributed by atoms with E-state index in [1.54, 1.807) is 0 Å². The van der Waals surface area contributed by atoms with Gasteiger partial charge in [0.2, 0.25) is 0 Å². The van der Waals surface area contributed by atoms with Gasteiger partial charge < -0.3 is 9.47 Å². The molecule has 1 saturated heterocycles. The Kier molecular flexibility index (Phi) is 4.99. The van der Waals surface area contributed by atoms with Crippen LogP contribution in [0, 0.1) is 17.3 Å². The third-order valence-electron chi connectivity index (χ3n) is 4.26. The van der Waals surface area contributed by atoms with Crippen LogP contribution in [0.5, 0.6) is 0 Å². The van der Waals surface area contributed by atoms with E-state index in [1.807, 2.05) is 6.92 Å². The molecule has 1 atom stereocenters. The Balaban J connectivity index is 2.53. The van der Waals surface area contributed by atoms with Crippen LogP contribution in [0.25, 0.3) is 0 Å². The zero-order chi connectivity index (χ0) is 13.1. The molecule has 0 radical (unpaired) electrons.